The molecule has 1 amide bonds. The van der Waals surface area contributed by atoms with Gasteiger partial charge < -0.3 is 19.6 Å². The molecule has 2 aromatic heterocycles. The van der Waals surface area contributed by atoms with E-state index in [1.54, 1.807) is 35.0 Å². The van der Waals surface area contributed by atoms with Crippen LogP contribution in [-0.4, -0.2) is 43.9 Å². The van der Waals surface area contributed by atoms with Gasteiger partial charge in [-0.3, -0.25) is 4.79 Å². The number of fused-ring (bicyclic) bond motifs is 1. The number of ether oxygens (including phenoxy) is 1. The Morgan fingerprint density at radius 1 is 1.31 bits per heavy atom. The van der Waals surface area contributed by atoms with Gasteiger partial charge in [-0.25, -0.2) is 14.1 Å². The Labute approximate surface area is 165 Å². The fourth-order valence-electron chi connectivity index (χ4n) is 3.70. The van der Waals surface area contributed by atoms with E-state index < -0.39 is 0 Å². The van der Waals surface area contributed by atoms with Gasteiger partial charge in [0.1, 0.15) is 31.1 Å². The lowest BCUT2D eigenvalue weighted by Crippen LogP contribution is -2.44. The van der Waals surface area contributed by atoms with E-state index in [0.717, 1.165) is 5.56 Å². The zero-order valence-corrected chi connectivity index (χ0v) is 15.7. The van der Waals surface area contributed by atoms with Gasteiger partial charge in [0.15, 0.2) is 5.82 Å². The first-order valence-electron chi connectivity index (χ1n) is 9.35. The Morgan fingerprint density at radius 3 is 2.97 bits per heavy atom. The van der Waals surface area contributed by atoms with Crippen LogP contribution in [0, 0.1) is 12.7 Å². The molecule has 5 rings (SSSR count). The minimum atomic E-state index is -0.272. The van der Waals surface area contributed by atoms with Crippen molar-refractivity contribution in [3.63, 3.8) is 0 Å². The number of nitrogens with zero attached hydrogens (tertiary/aromatic N) is 5. The lowest BCUT2D eigenvalue weighted by atomic mass is 10.00. The third-order valence-corrected chi connectivity index (χ3v) is 5.29. The molecule has 4 heterocycles. The number of nitrogens with one attached hydrogen (secondary N) is 1. The highest BCUT2D eigenvalue weighted by Crippen LogP contribution is 2.37. The third-order valence-electron chi connectivity index (χ3n) is 5.29. The highest BCUT2D eigenvalue weighted by atomic mass is 19.1. The van der Waals surface area contributed by atoms with Crippen LogP contribution in [0.3, 0.4) is 0 Å². The standard InChI is InChI=1S/C19H19FN6O3/c1-11-17-19(27)25(10-22-26(17)9-21-11)7-16-23-18(24-29-16)13-6-15(28-8-13)12-2-4-14(20)5-3-12/h2-5,9,13,15,22H,6-8,10H2,1H3/t13-,15+/m0/s1. The minimum absolute atomic E-state index is 0.0126. The molecule has 0 unspecified atom stereocenters. The second kappa shape index (κ2) is 6.96. The van der Waals surface area contributed by atoms with E-state index in [9.17, 15) is 9.18 Å². The number of benzene rings is 1. The monoisotopic (exact) mass is 398 g/mol. The van der Waals surface area contributed by atoms with Crippen LogP contribution in [0.25, 0.3) is 0 Å². The van der Waals surface area contributed by atoms with Crippen LogP contribution in [0.4, 0.5) is 4.39 Å². The van der Waals surface area contributed by atoms with Gasteiger partial charge in [-0.1, -0.05) is 17.3 Å². The summed E-state index contributed by atoms with van der Waals surface area (Å²) in [6.07, 6.45) is 2.15. The summed E-state index contributed by atoms with van der Waals surface area (Å²) in [6, 6.07) is 6.31. The van der Waals surface area contributed by atoms with Crippen LogP contribution in [-0.2, 0) is 11.3 Å². The van der Waals surface area contributed by atoms with Crippen molar-refractivity contribution in [1.82, 2.24) is 24.7 Å². The van der Waals surface area contributed by atoms with Crippen LogP contribution in [0.1, 0.15) is 51.9 Å². The number of hydrogen-bond acceptors (Lipinski definition) is 7. The Hall–Kier alpha value is -3.27. The lowest BCUT2D eigenvalue weighted by molar-refractivity contribution is 0.0696. The van der Waals surface area contributed by atoms with Gasteiger partial charge in [0, 0.05) is 5.92 Å². The van der Waals surface area contributed by atoms with E-state index in [1.165, 1.54) is 12.1 Å². The first-order chi connectivity index (χ1) is 14.1. The molecule has 150 valence electrons. The first-order valence-corrected chi connectivity index (χ1v) is 9.35. The molecule has 2 aliphatic rings. The van der Waals surface area contributed by atoms with E-state index in [0.29, 0.717) is 42.8 Å². The summed E-state index contributed by atoms with van der Waals surface area (Å²) in [5, 5.41) is 4.08. The van der Waals surface area contributed by atoms with Gasteiger partial charge in [0.2, 0.25) is 5.89 Å². The molecule has 2 atom stereocenters. The Balaban J connectivity index is 1.25. The quantitative estimate of drug-likeness (QED) is 0.719. The molecule has 29 heavy (non-hydrogen) atoms. The second-order valence-electron chi connectivity index (χ2n) is 7.22. The van der Waals surface area contributed by atoms with E-state index in [1.807, 2.05) is 0 Å². The van der Waals surface area contributed by atoms with Gasteiger partial charge in [0.25, 0.3) is 5.91 Å². The number of amides is 1. The number of imidazole rings is 1. The summed E-state index contributed by atoms with van der Waals surface area (Å²) in [5.41, 5.74) is 5.18. The lowest BCUT2D eigenvalue weighted by Gasteiger charge is -2.28. The van der Waals surface area contributed by atoms with Gasteiger partial charge >= 0.3 is 0 Å². The summed E-state index contributed by atoms with van der Waals surface area (Å²) in [5.74, 6) is 0.501. The van der Waals surface area contributed by atoms with Gasteiger partial charge in [-0.2, -0.15) is 4.98 Å². The smallest absolute Gasteiger partial charge is 0.276 e. The number of carbonyl (C=O) groups excluding carboxylic acids is 1. The van der Waals surface area contributed by atoms with Crippen molar-refractivity contribution in [3.8, 4) is 0 Å². The third kappa shape index (κ3) is 3.25. The van der Waals surface area contributed by atoms with E-state index in [-0.39, 0.29) is 30.3 Å². The Bertz CT molecular complexity index is 1050. The SMILES string of the molecule is Cc1ncn2c1C(=O)N(Cc1nc([C@@H]3CO[C@@H](c4ccc(F)cc4)C3)no1)CN2. The zero-order valence-electron chi connectivity index (χ0n) is 15.7. The molecule has 2 aliphatic heterocycles. The maximum Gasteiger partial charge on any atom is 0.276 e. The largest absolute Gasteiger partial charge is 0.373 e. The second-order valence-corrected chi connectivity index (χ2v) is 7.22. The maximum absolute atomic E-state index is 13.1. The van der Waals surface area contributed by atoms with Crippen molar-refractivity contribution >= 4 is 5.91 Å². The van der Waals surface area contributed by atoms with Crippen molar-refractivity contribution in [2.75, 3.05) is 18.7 Å². The van der Waals surface area contributed by atoms with Crippen LogP contribution < -0.4 is 5.43 Å². The first kappa shape index (κ1) is 17.8. The van der Waals surface area contributed by atoms with Crippen LogP contribution in [0.2, 0.25) is 0 Å². The number of aromatic nitrogens is 4. The molecule has 9 nitrogen and oxygen atoms in total. The number of hydrogen-bond donors (Lipinski definition) is 1. The Kier molecular flexibility index (Phi) is 4.27. The summed E-state index contributed by atoms with van der Waals surface area (Å²) < 4.78 is 25.9. The van der Waals surface area contributed by atoms with Gasteiger partial charge in [-0.05, 0) is 31.0 Å². The molecular formula is C19H19FN6O3. The summed E-state index contributed by atoms with van der Waals surface area (Å²) in [4.78, 5) is 22.9. The normalized spacial score (nSPS) is 21.3. The van der Waals surface area contributed by atoms with Crippen LogP contribution >= 0.6 is 0 Å². The van der Waals surface area contributed by atoms with Crippen LogP contribution in [0.5, 0.6) is 0 Å². The number of carbonyl (C=O) groups is 1. The average molecular weight is 398 g/mol. The summed E-state index contributed by atoms with van der Waals surface area (Å²) in [6.45, 7) is 2.78. The van der Waals surface area contributed by atoms with Gasteiger partial charge in [-0.15, -0.1) is 0 Å². The predicted octanol–water partition coefficient (Wildman–Crippen LogP) is 2.12. The minimum Gasteiger partial charge on any atom is -0.373 e. The fourth-order valence-corrected chi connectivity index (χ4v) is 3.70. The molecule has 0 spiro atoms. The van der Waals surface area contributed by atoms with E-state index in [4.69, 9.17) is 9.26 Å². The fraction of sp³-hybridized carbons (Fsp3) is 0.368. The molecule has 10 heteroatoms. The molecule has 3 aromatic rings. The maximum atomic E-state index is 13.1. The number of aryl methyl sites for hydroxylation is 1. The van der Waals surface area contributed by atoms with Crippen molar-refractivity contribution in [3.05, 3.63) is 65.1 Å². The van der Waals surface area contributed by atoms with Gasteiger partial charge in [0.05, 0.1) is 18.4 Å². The molecule has 0 aliphatic carbocycles. The van der Waals surface area contributed by atoms with Crippen molar-refractivity contribution < 1.29 is 18.4 Å². The zero-order chi connectivity index (χ0) is 20.0. The van der Waals surface area contributed by atoms with Crippen molar-refractivity contribution in [2.24, 2.45) is 0 Å². The molecule has 0 bridgehead atoms. The molecule has 1 fully saturated rings. The highest BCUT2D eigenvalue weighted by Gasteiger charge is 2.32. The van der Waals surface area contributed by atoms with E-state index >= 15 is 0 Å². The molecule has 0 radical (unpaired) electrons. The molecule has 1 saturated heterocycles. The number of rotatable bonds is 4. The molecule has 1 aromatic carbocycles. The predicted molar refractivity (Wildman–Crippen MR) is 97.8 cm³/mol. The van der Waals surface area contributed by atoms with Crippen molar-refractivity contribution in [1.29, 1.82) is 0 Å². The van der Waals surface area contributed by atoms with Crippen molar-refractivity contribution in [2.45, 2.75) is 31.9 Å². The molecule has 1 N–H and O–H groups in total. The van der Waals surface area contributed by atoms with Crippen LogP contribution in [0.15, 0.2) is 35.1 Å². The summed E-state index contributed by atoms with van der Waals surface area (Å²) in [7, 11) is 0. The molecule has 0 saturated carbocycles. The topological polar surface area (TPSA) is 98.3 Å². The molecular weight excluding hydrogens is 379 g/mol. The summed E-state index contributed by atoms with van der Waals surface area (Å²) >= 11 is 0. The Morgan fingerprint density at radius 2 is 2.14 bits per heavy atom. The number of halogens is 1. The average Bonchev–Trinajstić information content (AvgIpc) is 3.45. The highest BCUT2D eigenvalue weighted by molar-refractivity contribution is 5.94. The van der Waals surface area contributed by atoms with E-state index in [2.05, 4.69) is 20.6 Å².